The summed E-state index contributed by atoms with van der Waals surface area (Å²) in [6.45, 7) is 6.28. The fourth-order valence-electron chi connectivity index (χ4n) is 2.35. The summed E-state index contributed by atoms with van der Waals surface area (Å²) in [5.41, 5.74) is 1.42. The van der Waals surface area contributed by atoms with E-state index in [4.69, 9.17) is 4.74 Å². The number of hydrogen-bond acceptors (Lipinski definition) is 5. The maximum Gasteiger partial charge on any atom is 0.341 e. The Morgan fingerprint density at radius 2 is 1.96 bits per heavy atom. The molecule has 0 aliphatic heterocycles. The molecule has 1 aromatic heterocycles. The predicted molar refractivity (Wildman–Crippen MR) is 112 cm³/mol. The van der Waals surface area contributed by atoms with Gasteiger partial charge in [0.1, 0.15) is 5.00 Å². The molecule has 0 fully saturated rings. The van der Waals surface area contributed by atoms with Gasteiger partial charge in [0.25, 0.3) is 0 Å². The lowest BCUT2D eigenvalue weighted by Gasteiger charge is -2.10. The average molecular weight is 456 g/mol. The summed E-state index contributed by atoms with van der Waals surface area (Å²) in [7, 11) is 0. The highest BCUT2D eigenvalue weighted by Crippen LogP contribution is 2.31. The lowest BCUT2D eigenvalue weighted by Crippen LogP contribution is -2.17. The molecule has 2 aromatic rings. The summed E-state index contributed by atoms with van der Waals surface area (Å²) in [5, 5.41) is 5.38. The Labute approximate surface area is 170 Å². The Kier molecular flexibility index (Phi) is 8.18. The third kappa shape index (κ3) is 6.14. The van der Waals surface area contributed by atoms with E-state index in [1.165, 1.54) is 23.1 Å². The molecule has 1 N–H and O–H groups in total. The molecular formula is C19H22BrNO3S2. The van der Waals surface area contributed by atoms with E-state index in [-0.39, 0.29) is 17.6 Å². The van der Waals surface area contributed by atoms with Gasteiger partial charge in [-0.25, -0.2) is 4.79 Å². The standard InChI is InChI=1S/C19H22BrNO3S2/c1-4-24-19(23)17-13(9-12(2)3)10-26-18(17)21-16(22)11-25-15-7-5-14(20)6-8-15/h5-8,10,12H,4,9,11H2,1-3H3,(H,21,22). The van der Waals surface area contributed by atoms with Crippen molar-refractivity contribution in [2.75, 3.05) is 17.7 Å². The van der Waals surface area contributed by atoms with Crippen molar-refractivity contribution in [3.63, 3.8) is 0 Å². The highest BCUT2D eigenvalue weighted by atomic mass is 79.9. The SMILES string of the molecule is CCOC(=O)c1c(CC(C)C)csc1NC(=O)CSc1ccc(Br)cc1. The zero-order chi connectivity index (χ0) is 19.1. The first-order chi connectivity index (χ1) is 12.4. The van der Waals surface area contributed by atoms with Crippen molar-refractivity contribution in [1.29, 1.82) is 0 Å². The minimum absolute atomic E-state index is 0.138. The number of carbonyl (C=O) groups is 2. The second-order valence-corrected chi connectivity index (χ2v) is 8.92. The Bertz CT molecular complexity index is 757. The maximum absolute atomic E-state index is 12.3. The molecule has 0 bridgehead atoms. The Morgan fingerprint density at radius 3 is 2.58 bits per heavy atom. The van der Waals surface area contributed by atoms with Crippen LogP contribution >= 0.6 is 39.0 Å². The van der Waals surface area contributed by atoms with Gasteiger partial charge in [0.2, 0.25) is 5.91 Å². The first kappa shape index (κ1) is 21.0. The van der Waals surface area contributed by atoms with Gasteiger partial charge < -0.3 is 10.1 Å². The monoisotopic (exact) mass is 455 g/mol. The smallest absolute Gasteiger partial charge is 0.341 e. The van der Waals surface area contributed by atoms with Crippen LogP contribution in [0.1, 0.15) is 36.7 Å². The number of anilines is 1. The van der Waals surface area contributed by atoms with Crippen LogP contribution in [-0.2, 0) is 16.0 Å². The average Bonchev–Trinajstić information content (AvgIpc) is 2.96. The molecule has 0 saturated heterocycles. The summed E-state index contributed by atoms with van der Waals surface area (Å²) in [4.78, 5) is 25.7. The molecule has 0 saturated carbocycles. The molecule has 0 unspecified atom stereocenters. The van der Waals surface area contributed by atoms with Gasteiger partial charge in [0.05, 0.1) is 17.9 Å². The van der Waals surface area contributed by atoms with Gasteiger partial charge in [-0.1, -0.05) is 29.8 Å². The van der Waals surface area contributed by atoms with Crippen LogP contribution in [0.15, 0.2) is 39.0 Å². The lowest BCUT2D eigenvalue weighted by molar-refractivity contribution is -0.113. The van der Waals surface area contributed by atoms with Gasteiger partial charge in [-0.3, -0.25) is 4.79 Å². The normalized spacial score (nSPS) is 10.8. The van der Waals surface area contributed by atoms with Crippen LogP contribution < -0.4 is 5.32 Å². The first-order valence-corrected chi connectivity index (χ1v) is 11.0. The molecule has 0 aliphatic rings. The number of hydrogen-bond donors (Lipinski definition) is 1. The molecule has 1 amide bonds. The molecule has 0 aliphatic carbocycles. The Balaban J connectivity index is 2.06. The van der Waals surface area contributed by atoms with Crippen molar-refractivity contribution >= 4 is 55.9 Å². The number of rotatable bonds is 8. The van der Waals surface area contributed by atoms with Gasteiger partial charge in [-0.15, -0.1) is 23.1 Å². The molecule has 1 heterocycles. The quantitative estimate of drug-likeness (QED) is 0.414. The highest BCUT2D eigenvalue weighted by Gasteiger charge is 2.22. The predicted octanol–water partition coefficient (Wildman–Crippen LogP) is 5.62. The van der Waals surface area contributed by atoms with Crippen LogP contribution in [0.5, 0.6) is 0 Å². The van der Waals surface area contributed by atoms with E-state index in [1.54, 1.807) is 6.92 Å². The van der Waals surface area contributed by atoms with Gasteiger partial charge in [-0.2, -0.15) is 0 Å². The lowest BCUT2D eigenvalue weighted by atomic mass is 10.0. The van der Waals surface area contributed by atoms with Crippen LogP contribution in [0.2, 0.25) is 0 Å². The fourth-order valence-corrected chi connectivity index (χ4v) is 4.29. The van der Waals surface area contributed by atoms with Crippen molar-refractivity contribution in [1.82, 2.24) is 0 Å². The summed E-state index contributed by atoms with van der Waals surface area (Å²) in [6, 6.07) is 7.79. The maximum atomic E-state index is 12.3. The molecule has 140 valence electrons. The minimum Gasteiger partial charge on any atom is -0.462 e. The van der Waals surface area contributed by atoms with E-state index in [2.05, 4.69) is 35.1 Å². The van der Waals surface area contributed by atoms with Gasteiger partial charge in [0, 0.05) is 9.37 Å². The van der Waals surface area contributed by atoms with Crippen LogP contribution in [0.3, 0.4) is 0 Å². The van der Waals surface area contributed by atoms with Crippen molar-refractivity contribution in [3.8, 4) is 0 Å². The molecule has 0 radical (unpaired) electrons. The van der Waals surface area contributed by atoms with Gasteiger partial charge >= 0.3 is 5.97 Å². The Hall–Kier alpha value is -1.31. The molecule has 7 heteroatoms. The van der Waals surface area contributed by atoms with E-state index in [9.17, 15) is 9.59 Å². The third-order valence-electron chi connectivity index (χ3n) is 3.41. The highest BCUT2D eigenvalue weighted by molar-refractivity contribution is 9.10. The molecule has 26 heavy (non-hydrogen) atoms. The van der Waals surface area contributed by atoms with E-state index in [0.717, 1.165) is 21.4 Å². The number of nitrogens with one attached hydrogen (secondary N) is 1. The van der Waals surface area contributed by atoms with E-state index in [0.29, 0.717) is 23.1 Å². The number of halogens is 1. The fraction of sp³-hybridized carbons (Fsp3) is 0.368. The van der Waals surface area contributed by atoms with Gasteiger partial charge in [-0.05, 0) is 54.5 Å². The second kappa shape index (κ2) is 10.1. The largest absolute Gasteiger partial charge is 0.462 e. The van der Waals surface area contributed by atoms with E-state index in [1.807, 2.05) is 29.6 Å². The summed E-state index contributed by atoms with van der Waals surface area (Å²) in [6.07, 6.45) is 0.772. The van der Waals surface area contributed by atoms with Crippen LogP contribution in [0.4, 0.5) is 5.00 Å². The molecule has 1 aromatic carbocycles. The van der Waals surface area contributed by atoms with E-state index < -0.39 is 0 Å². The zero-order valence-corrected chi connectivity index (χ0v) is 18.2. The van der Waals surface area contributed by atoms with Crippen LogP contribution in [-0.4, -0.2) is 24.2 Å². The molecular weight excluding hydrogens is 434 g/mol. The number of carbonyl (C=O) groups excluding carboxylic acids is 2. The number of ether oxygens (including phenoxy) is 1. The van der Waals surface area contributed by atoms with E-state index >= 15 is 0 Å². The van der Waals surface area contributed by atoms with Crippen molar-refractivity contribution in [2.24, 2.45) is 5.92 Å². The molecule has 0 spiro atoms. The molecule has 4 nitrogen and oxygen atoms in total. The zero-order valence-electron chi connectivity index (χ0n) is 15.0. The third-order valence-corrected chi connectivity index (χ3v) is 5.90. The summed E-state index contributed by atoms with van der Waals surface area (Å²) >= 11 is 6.22. The second-order valence-electron chi connectivity index (χ2n) is 6.07. The summed E-state index contributed by atoms with van der Waals surface area (Å²) < 4.78 is 6.18. The van der Waals surface area contributed by atoms with Crippen molar-refractivity contribution in [3.05, 3.63) is 45.2 Å². The number of thiophene rings is 1. The Morgan fingerprint density at radius 1 is 1.27 bits per heavy atom. The number of amides is 1. The van der Waals surface area contributed by atoms with Crippen LogP contribution in [0, 0.1) is 5.92 Å². The minimum atomic E-state index is -0.375. The molecule has 2 rings (SSSR count). The first-order valence-electron chi connectivity index (χ1n) is 8.36. The number of thioether (sulfide) groups is 1. The number of esters is 1. The molecule has 0 atom stereocenters. The van der Waals surface area contributed by atoms with Crippen molar-refractivity contribution < 1.29 is 14.3 Å². The van der Waals surface area contributed by atoms with Crippen molar-refractivity contribution in [2.45, 2.75) is 32.1 Å². The van der Waals surface area contributed by atoms with Gasteiger partial charge in [0.15, 0.2) is 0 Å². The topological polar surface area (TPSA) is 55.4 Å². The van der Waals surface area contributed by atoms with Crippen LogP contribution in [0.25, 0.3) is 0 Å². The number of benzene rings is 1. The summed E-state index contributed by atoms with van der Waals surface area (Å²) in [5.74, 6) is 0.178.